The molecule has 5 heteroatoms. The fourth-order valence-electron chi connectivity index (χ4n) is 1.59. The van der Waals surface area contributed by atoms with Gasteiger partial charge in [-0.3, -0.25) is 0 Å². The number of aryl methyl sites for hydroxylation is 1. The molecule has 2 aromatic rings. The van der Waals surface area contributed by atoms with Crippen LogP contribution in [0.5, 0.6) is 0 Å². The van der Waals surface area contributed by atoms with Gasteiger partial charge in [-0.1, -0.05) is 12.1 Å². The first kappa shape index (κ1) is 12.9. The summed E-state index contributed by atoms with van der Waals surface area (Å²) in [7, 11) is 0. The number of carboxylic acids is 1. The molecule has 0 radical (unpaired) electrons. The van der Waals surface area contributed by atoms with Crippen molar-refractivity contribution in [2.45, 2.75) is 13.5 Å². The monoisotopic (exact) mass is 259 g/mol. The molecule has 0 amide bonds. The number of nitrogens with one attached hydrogen (secondary N) is 1. The number of carbonyl (C=O) groups excluding carboxylic acids is 1. The molecule has 2 N–H and O–H groups in total. The maximum absolute atomic E-state index is 11.7. The summed E-state index contributed by atoms with van der Waals surface area (Å²) >= 11 is 0. The smallest absolute Gasteiger partial charge is 0.355 e. The molecule has 5 nitrogen and oxygen atoms in total. The third kappa shape index (κ3) is 3.22. The molecule has 98 valence electrons. The van der Waals surface area contributed by atoms with Crippen molar-refractivity contribution in [1.29, 1.82) is 0 Å². The van der Waals surface area contributed by atoms with Crippen LogP contribution < -0.4 is 0 Å². The molecule has 19 heavy (non-hydrogen) atoms. The largest absolute Gasteiger partial charge is 0.478 e. The molecule has 1 heterocycles. The molecule has 0 unspecified atom stereocenters. The van der Waals surface area contributed by atoms with Gasteiger partial charge >= 0.3 is 11.9 Å². The number of aromatic nitrogens is 1. The third-order valence-electron chi connectivity index (χ3n) is 2.62. The molecule has 0 fully saturated rings. The van der Waals surface area contributed by atoms with E-state index in [1.807, 2.05) is 6.92 Å². The summed E-state index contributed by atoms with van der Waals surface area (Å²) < 4.78 is 5.11. The lowest BCUT2D eigenvalue weighted by Crippen LogP contribution is -2.05. The molecular weight excluding hydrogens is 246 g/mol. The number of H-pyrrole nitrogens is 1. The summed E-state index contributed by atoms with van der Waals surface area (Å²) in [5, 5.41) is 8.76. The van der Waals surface area contributed by atoms with Crippen LogP contribution in [0.25, 0.3) is 0 Å². The Bertz CT molecular complexity index is 598. The van der Waals surface area contributed by atoms with Crippen molar-refractivity contribution in [3.8, 4) is 0 Å². The molecule has 0 aliphatic carbocycles. The lowest BCUT2D eigenvalue weighted by atomic mass is 10.1. The van der Waals surface area contributed by atoms with E-state index < -0.39 is 11.9 Å². The van der Waals surface area contributed by atoms with Gasteiger partial charge in [0.15, 0.2) is 0 Å². The lowest BCUT2D eigenvalue weighted by Gasteiger charge is -2.04. The van der Waals surface area contributed by atoms with Gasteiger partial charge in [-0.2, -0.15) is 0 Å². The quantitative estimate of drug-likeness (QED) is 0.826. The number of esters is 1. The summed E-state index contributed by atoms with van der Waals surface area (Å²) in [5.74, 6) is -1.42. The first-order chi connectivity index (χ1) is 9.06. The predicted octanol–water partition coefficient (Wildman–Crippen LogP) is 2.38. The fourth-order valence-corrected chi connectivity index (χ4v) is 1.59. The molecule has 0 aliphatic heterocycles. The Hall–Kier alpha value is -2.56. The average molecular weight is 259 g/mol. The molecule has 0 spiro atoms. The van der Waals surface area contributed by atoms with Gasteiger partial charge in [-0.15, -0.1) is 0 Å². The Balaban J connectivity index is 1.95. The van der Waals surface area contributed by atoms with Crippen molar-refractivity contribution >= 4 is 11.9 Å². The SMILES string of the molecule is Cc1c[nH]c(C(=O)OCc2ccc(C(=O)O)cc2)c1. The van der Waals surface area contributed by atoms with Crippen molar-refractivity contribution in [2.75, 3.05) is 0 Å². The van der Waals surface area contributed by atoms with E-state index >= 15 is 0 Å². The second-order valence-electron chi connectivity index (χ2n) is 4.17. The number of carboxylic acid groups (broad SMARTS) is 1. The van der Waals surface area contributed by atoms with Crippen LogP contribution in [0, 0.1) is 6.92 Å². The minimum Gasteiger partial charge on any atom is -0.478 e. The summed E-state index contributed by atoms with van der Waals surface area (Å²) in [6, 6.07) is 7.90. The highest BCUT2D eigenvalue weighted by Gasteiger charge is 2.09. The van der Waals surface area contributed by atoms with E-state index in [9.17, 15) is 9.59 Å². The molecule has 0 bridgehead atoms. The molecule has 0 saturated carbocycles. The molecule has 1 aromatic heterocycles. The van der Waals surface area contributed by atoms with Gasteiger partial charge < -0.3 is 14.8 Å². The van der Waals surface area contributed by atoms with Crippen molar-refractivity contribution in [2.24, 2.45) is 0 Å². The van der Waals surface area contributed by atoms with Crippen molar-refractivity contribution in [3.05, 3.63) is 58.9 Å². The van der Waals surface area contributed by atoms with Gasteiger partial charge in [0.25, 0.3) is 0 Å². The maximum Gasteiger partial charge on any atom is 0.355 e. The second kappa shape index (κ2) is 5.39. The predicted molar refractivity (Wildman–Crippen MR) is 68.1 cm³/mol. The number of ether oxygens (including phenoxy) is 1. The van der Waals surface area contributed by atoms with Gasteiger partial charge in [0.05, 0.1) is 5.56 Å². The summed E-state index contributed by atoms with van der Waals surface area (Å²) in [6.45, 7) is 1.98. The second-order valence-corrected chi connectivity index (χ2v) is 4.17. The number of hydrogen-bond acceptors (Lipinski definition) is 3. The number of aromatic amines is 1. The van der Waals surface area contributed by atoms with Crippen LogP contribution in [0.15, 0.2) is 36.5 Å². The Morgan fingerprint density at radius 2 is 1.95 bits per heavy atom. The number of hydrogen-bond donors (Lipinski definition) is 2. The van der Waals surface area contributed by atoms with Gasteiger partial charge in [0.1, 0.15) is 12.3 Å². The molecule has 2 rings (SSSR count). The van der Waals surface area contributed by atoms with E-state index in [1.54, 1.807) is 24.4 Å². The zero-order valence-corrected chi connectivity index (χ0v) is 10.3. The van der Waals surface area contributed by atoms with Gasteiger partial charge in [0.2, 0.25) is 0 Å². The zero-order valence-electron chi connectivity index (χ0n) is 10.3. The standard InChI is InChI=1S/C14H13NO4/c1-9-6-12(15-7-9)14(18)19-8-10-2-4-11(5-3-10)13(16)17/h2-7,15H,8H2,1H3,(H,16,17). The fraction of sp³-hybridized carbons (Fsp3) is 0.143. The Labute approximate surface area is 109 Å². The van der Waals surface area contributed by atoms with E-state index in [0.29, 0.717) is 5.69 Å². The number of aromatic carboxylic acids is 1. The van der Waals surface area contributed by atoms with Crippen molar-refractivity contribution < 1.29 is 19.4 Å². The van der Waals surface area contributed by atoms with Crippen LogP contribution in [-0.2, 0) is 11.3 Å². The molecule has 0 saturated heterocycles. The van der Waals surface area contributed by atoms with E-state index in [0.717, 1.165) is 11.1 Å². The van der Waals surface area contributed by atoms with Crippen LogP contribution in [0.2, 0.25) is 0 Å². The number of carbonyl (C=O) groups is 2. The Kier molecular flexibility index (Phi) is 3.66. The zero-order chi connectivity index (χ0) is 13.8. The minimum absolute atomic E-state index is 0.108. The minimum atomic E-state index is -0.981. The van der Waals surface area contributed by atoms with Crippen molar-refractivity contribution in [1.82, 2.24) is 4.98 Å². The van der Waals surface area contributed by atoms with Crippen LogP contribution in [-0.4, -0.2) is 22.0 Å². The first-order valence-corrected chi connectivity index (χ1v) is 5.70. The Morgan fingerprint density at radius 1 is 1.26 bits per heavy atom. The topological polar surface area (TPSA) is 79.4 Å². The molecule has 1 aromatic carbocycles. The molecular formula is C14H13NO4. The molecule has 0 aliphatic rings. The van der Waals surface area contributed by atoms with Crippen LogP contribution in [0.3, 0.4) is 0 Å². The maximum atomic E-state index is 11.7. The number of rotatable bonds is 4. The van der Waals surface area contributed by atoms with Gasteiger partial charge in [-0.05, 0) is 36.2 Å². The normalized spacial score (nSPS) is 10.2. The van der Waals surface area contributed by atoms with E-state index in [-0.39, 0.29) is 12.2 Å². The summed E-state index contributed by atoms with van der Waals surface area (Å²) in [5.41, 5.74) is 2.30. The van der Waals surface area contributed by atoms with Crippen LogP contribution in [0.1, 0.15) is 32.0 Å². The number of benzene rings is 1. The summed E-state index contributed by atoms with van der Waals surface area (Å²) in [6.07, 6.45) is 1.72. The van der Waals surface area contributed by atoms with Crippen molar-refractivity contribution in [3.63, 3.8) is 0 Å². The highest BCUT2D eigenvalue weighted by Crippen LogP contribution is 2.08. The van der Waals surface area contributed by atoms with Crippen LogP contribution in [0.4, 0.5) is 0 Å². The van der Waals surface area contributed by atoms with Gasteiger partial charge in [-0.25, -0.2) is 9.59 Å². The Morgan fingerprint density at radius 3 is 2.47 bits per heavy atom. The highest BCUT2D eigenvalue weighted by molar-refractivity contribution is 5.88. The summed E-state index contributed by atoms with van der Waals surface area (Å²) in [4.78, 5) is 25.1. The first-order valence-electron chi connectivity index (χ1n) is 5.70. The van der Waals surface area contributed by atoms with Crippen LogP contribution >= 0.6 is 0 Å². The van der Waals surface area contributed by atoms with Gasteiger partial charge in [0, 0.05) is 6.20 Å². The van der Waals surface area contributed by atoms with E-state index in [4.69, 9.17) is 9.84 Å². The molecule has 0 atom stereocenters. The highest BCUT2D eigenvalue weighted by atomic mass is 16.5. The van der Waals surface area contributed by atoms with E-state index in [1.165, 1.54) is 12.1 Å². The lowest BCUT2D eigenvalue weighted by molar-refractivity contribution is 0.0465. The third-order valence-corrected chi connectivity index (χ3v) is 2.62. The average Bonchev–Trinajstić information content (AvgIpc) is 2.83. The van der Waals surface area contributed by atoms with E-state index in [2.05, 4.69) is 4.98 Å².